The van der Waals surface area contributed by atoms with Crippen molar-refractivity contribution in [2.24, 2.45) is 0 Å². The highest BCUT2D eigenvalue weighted by Crippen LogP contribution is 2.16. The molecule has 2 aliphatic heterocycles. The van der Waals surface area contributed by atoms with Gasteiger partial charge in [-0.3, -0.25) is 14.5 Å². The lowest BCUT2D eigenvalue weighted by Gasteiger charge is -2.34. The lowest BCUT2D eigenvalue weighted by molar-refractivity contribution is -0.133. The van der Waals surface area contributed by atoms with E-state index in [9.17, 15) is 9.59 Å². The Hall–Kier alpha value is -3.01. The van der Waals surface area contributed by atoms with Gasteiger partial charge in [-0.2, -0.15) is 0 Å². The maximum Gasteiger partial charge on any atom is 0.254 e. The van der Waals surface area contributed by atoms with Crippen molar-refractivity contribution in [2.45, 2.75) is 25.9 Å². The van der Waals surface area contributed by atoms with E-state index in [4.69, 9.17) is 4.74 Å². The quantitative estimate of drug-likeness (QED) is 0.670. The maximum absolute atomic E-state index is 12.8. The highest BCUT2D eigenvalue weighted by atomic mass is 16.5. The number of tetrazole rings is 1. The Bertz CT molecular complexity index is 886. The summed E-state index contributed by atoms with van der Waals surface area (Å²) in [4.78, 5) is 31.4. The molecule has 1 aromatic carbocycles. The molecule has 2 amide bonds. The third-order valence-electron chi connectivity index (χ3n) is 5.69. The lowest BCUT2D eigenvalue weighted by atomic mass is 10.1. The Labute approximate surface area is 175 Å². The number of piperazine rings is 1. The number of carbonyl (C=O) groups is 2. The summed E-state index contributed by atoms with van der Waals surface area (Å²) in [5, 5.41) is 11.8. The number of amides is 2. The van der Waals surface area contributed by atoms with Crippen LogP contribution in [0.25, 0.3) is 0 Å². The zero-order chi connectivity index (χ0) is 20.9. The molecule has 0 atom stereocenters. The Kier molecular flexibility index (Phi) is 6.22. The van der Waals surface area contributed by atoms with E-state index in [1.165, 1.54) is 12.8 Å². The van der Waals surface area contributed by atoms with Gasteiger partial charge >= 0.3 is 0 Å². The standard InChI is InChI=1S/C20H27N7O3/c1-30-17-6-4-5-16(13-17)20(29)26-11-9-25(10-12-26)19(28)15-27-18(21-22-23-27)14-24-7-2-3-8-24/h4-6,13H,2-3,7-12,14-15H2,1H3. The van der Waals surface area contributed by atoms with Crippen molar-refractivity contribution in [2.75, 3.05) is 46.4 Å². The fraction of sp³-hybridized carbons (Fsp3) is 0.550. The van der Waals surface area contributed by atoms with Crippen LogP contribution in [-0.4, -0.2) is 93.1 Å². The molecule has 0 N–H and O–H groups in total. The molecule has 2 fully saturated rings. The van der Waals surface area contributed by atoms with Gasteiger partial charge in [0.15, 0.2) is 5.82 Å². The number of likely N-dealkylation sites (tertiary alicyclic amines) is 1. The van der Waals surface area contributed by atoms with Gasteiger partial charge in [0, 0.05) is 31.7 Å². The highest BCUT2D eigenvalue weighted by Gasteiger charge is 2.26. The zero-order valence-corrected chi connectivity index (χ0v) is 17.2. The van der Waals surface area contributed by atoms with E-state index < -0.39 is 0 Å². The van der Waals surface area contributed by atoms with Gasteiger partial charge in [0.1, 0.15) is 12.3 Å². The number of hydrogen-bond acceptors (Lipinski definition) is 7. The first-order valence-corrected chi connectivity index (χ1v) is 10.3. The van der Waals surface area contributed by atoms with Crippen LogP contribution < -0.4 is 4.74 Å². The minimum atomic E-state index is -0.0469. The van der Waals surface area contributed by atoms with Crippen molar-refractivity contribution in [3.05, 3.63) is 35.7 Å². The van der Waals surface area contributed by atoms with Gasteiger partial charge in [0.2, 0.25) is 5.91 Å². The molecule has 0 unspecified atom stereocenters. The van der Waals surface area contributed by atoms with Crippen molar-refractivity contribution in [1.82, 2.24) is 34.9 Å². The lowest BCUT2D eigenvalue weighted by Crippen LogP contribution is -2.51. The predicted molar refractivity (Wildman–Crippen MR) is 108 cm³/mol. The van der Waals surface area contributed by atoms with E-state index in [-0.39, 0.29) is 18.4 Å². The van der Waals surface area contributed by atoms with Gasteiger partial charge in [-0.1, -0.05) is 6.07 Å². The topological polar surface area (TPSA) is 96.7 Å². The molecule has 2 saturated heterocycles. The van der Waals surface area contributed by atoms with E-state index in [1.807, 2.05) is 6.07 Å². The molecule has 30 heavy (non-hydrogen) atoms. The third kappa shape index (κ3) is 4.59. The van der Waals surface area contributed by atoms with Gasteiger partial charge in [0.05, 0.1) is 13.7 Å². The van der Waals surface area contributed by atoms with E-state index in [0.29, 0.717) is 44.0 Å². The fourth-order valence-corrected chi connectivity index (χ4v) is 3.93. The van der Waals surface area contributed by atoms with Gasteiger partial charge in [0.25, 0.3) is 5.91 Å². The Morgan fingerprint density at radius 2 is 1.77 bits per heavy atom. The number of aromatic nitrogens is 4. The molecule has 2 aliphatic rings. The smallest absolute Gasteiger partial charge is 0.254 e. The molecule has 0 aliphatic carbocycles. The van der Waals surface area contributed by atoms with Crippen molar-refractivity contribution >= 4 is 11.8 Å². The molecule has 1 aromatic heterocycles. The summed E-state index contributed by atoms with van der Waals surface area (Å²) in [6.45, 7) is 4.88. The molecule has 0 spiro atoms. The van der Waals surface area contributed by atoms with Crippen molar-refractivity contribution in [1.29, 1.82) is 0 Å². The molecule has 0 radical (unpaired) electrons. The highest BCUT2D eigenvalue weighted by molar-refractivity contribution is 5.94. The van der Waals surface area contributed by atoms with Crippen LogP contribution in [0.5, 0.6) is 5.75 Å². The number of hydrogen-bond donors (Lipinski definition) is 0. The number of methoxy groups -OCH3 is 1. The largest absolute Gasteiger partial charge is 0.497 e. The van der Waals surface area contributed by atoms with Crippen LogP contribution in [-0.2, 0) is 17.9 Å². The first-order chi connectivity index (χ1) is 14.6. The Balaban J connectivity index is 1.30. The average Bonchev–Trinajstić information content (AvgIpc) is 3.46. The number of carbonyl (C=O) groups excluding carboxylic acids is 2. The van der Waals surface area contributed by atoms with Crippen LogP contribution in [0.1, 0.15) is 29.0 Å². The molecule has 10 heteroatoms. The van der Waals surface area contributed by atoms with Gasteiger partial charge < -0.3 is 14.5 Å². The van der Waals surface area contributed by atoms with Crippen LogP contribution >= 0.6 is 0 Å². The molecule has 0 saturated carbocycles. The van der Waals surface area contributed by atoms with Crippen LogP contribution in [0, 0.1) is 0 Å². The van der Waals surface area contributed by atoms with E-state index in [0.717, 1.165) is 18.9 Å². The van der Waals surface area contributed by atoms with Gasteiger partial charge in [-0.25, -0.2) is 4.68 Å². The normalized spacial score (nSPS) is 17.4. The Morgan fingerprint density at radius 3 is 2.50 bits per heavy atom. The minimum Gasteiger partial charge on any atom is -0.497 e. The Morgan fingerprint density at radius 1 is 1.03 bits per heavy atom. The zero-order valence-electron chi connectivity index (χ0n) is 17.2. The summed E-state index contributed by atoms with van der Waals surface area (Å²) in [5.41, 5.74) is 0.592. The molecular weight excluding hydrogens is 386 g/mol. The van der Waals surface area contributed by atoms with Gasteiger partial charge in [-0.05, 0) is 54.6 Å². The number of nitrogens with zero attached hydrogens (tertiary/aromatic N) is 7. The van der Waals surface area contributed by atoms with Crippen molar-refractivity contribution in [3.63, 3.8) is 0 Å². The molecule has 160 valence electrons. The van der Waals surface area contributed by atoms with Crippen molar-refractivity contribution in [3.8, 4) is 5.75 Å². The SMILES string of the molecule is COc1cccc(C(=O)N2CCN(C(=O)Cn3nnnc3CN3CCCC3)CC2)c1. The molecule has 0 bridgehead atoms. The van der Waals surface area contributed by atoms with Crippen molar-refractivity contribution < 1.29 is 14.3 Å². The summed E-state index contributed by atoms with van der Waals surface area (Å²) < 4.78 is 6.79. The van der Waals surface area contributed by atoms with Crippen LogP contribution in [0.3, 0.4) is 0 Å². The van der Waals surface area contributed by atoms with Crippen LogP contribution in [0.2, 0.25) is 0 Å². The average molecular weight is 413 g/mol. The molecule has 4 rings (SSSR count). The second-order valence-electron chi connectivity index (χ2n) is 7.64. The van der Waals surface area contributed by atoms with E-state index in [2.05, 4.69) is 20.4 Å². The number of ether oxygens (including phenoxy) is 1. The minimum absolute atomic E-state index is 0.0292. The van der Waals surface area contributed by atoms with E-state index in [1.54, 1.807) is 39.8 Å². The monoisotopic (exact) mass is 413 g/mol. The van der Waals surface area contributed by atoms with E-state index >= 15 is 0 Å². The molecular formula is C20H27N7O3. The number of rotatable bonds is 6. The first kappa shape index (κ1) is 20.3. The van der Waals surface area contributed by atoms with Gasteiger partial charge in [-0.15, -0.1) is 5.10 Å². The number of benzene rings is 1. The summed E-state index contributed by atoms with van der Waals surface area (Å²) in [7, 11) is 1.58. The third-order valence-corrected chi connectivity index (χ3v) is 5.69. The fourth-order valence-electron chi connectivity index (χ4n) is 3.93. The molecule has 10 nitrogen and oxygen atoms in total. The van der Waals surface area contributed by atoms with Crippen LogP contribution in [0.15, 0.2) is 24.3 Å². The first-order valence-electron chi connectivity index (χ1n) is 10.3. The second-order valence-corrected chi connectivity index (χ2v) is 7.64. The maximum atomic E-state index is 12.8. The predicted octanol–water partition coefficient (Wildman–Crippen LogP) is 0.262. The second kappa shape index (κ2) is 9.21. The summed E-state index contributed by atoms with van der Waals surface area (Å²) in [5.74, 6) is 1.30. The molecule has 3 heterocycles. The summed E-state index contributed by atoms with van der Waals surface area (Å²) >= 11 is 0. The molecule has 2 aromatic rings. The van der Waals surface area contributed by atoms with Crippen LogP contribution in [0.4, 0.5) is 0 Å². The summed E-state index contributed by atoms with van der Waals surface area (Å²) in [6.07, 6.45) is 2.39. The summed E-state index contributed by atoms with van der Waals surface area (Å²) in [6, 6.07) is 7.13.